The van der Waals surface area contributed by atoms with E-state index in [1.807, 2.05) is 12.1 Å². The van der Waals surface area contributed by atoms with Gasteiger partial charge in [0, 0.05) is 38.4 Å². The fraction of sp³-hybridized carbons (Fsp3) is 0.480. The quantitative estimate of drug-likeness (QED) is 0.808. The second-order valence-electron chi connectivity index (χ2n) is 8.75. The van der Waals surface area contributed by atoms with E-state index >= 15 is 0 Å². The number of carbonyl (C=O) groups is 1. The Kier molecular flexibility index (Phi) is 6.38. The van der Waals surface area contributed by atoms with Crippen molar-refractivity contribution in [1.29, 1.82) is 0 Å². The number of hydrogen-bond acceptors (Lipinski definition) is 3. The third kappa shape index (κ3) is 4.36. The molecule has 0 spiro atoms. The molecule has 1 aliphatic heterocycles. The minimum atomic E-state index is -0.622. The number of nitrogens with one attached hydrogen (secondary N) is 1. The lowest BCUT2D eigenvalue weighted by Crippen LogP contribution is -2.46. The molecule has 1 saturated heterocycles. The van der Waals surface area contributed by atoms with Crippen LogP contribution in [0.15, 0.2) is 48.5 Å². The summed E-state index contributed by atoms with van der Waals surface area (Å²) in [7, 11) is 2.15. The Morgan fingerprint density at radius 1 is 1.00 bits per heavy atom. The van der Waals surface area contributed by atoms with Crippen molar-refractivity contribution in [3.63, 3.8) is 0 Å². The summed E-state index contributed by atoms with van der Waals surface area (Å²) < 4.78 is 14.0. The van der Waals surface area contributed by atoms with Crippen molar-refractivity contribution in [3.05, 3.63) is 65.5 Å². The minimum Gasteiger partial charge on any atom is -0.369 e. The molecule has 1 saturated carbocycles. The normalized spacial score (nSPS) is 19.5. The van der Waals surface area contributed by atoms with E-state index in [1.54, 1.807) is 12.1 Å². The fourth-order valence-electron chi connectivity index (χ4n) is 4.95. The van der Waals surface area contributed by atoms with Crippen molar-refractivity contribution >= 4 is 11.6 Å². The predicted octanol–water partition coefficient (Wildman–Crippen LogP) is 4.10. The maximum absolute atomic E-state index is 14.0. The first-order valence-corrected chi connectivity index (χ1v) is 11.1. The van der Waals surface area contributed by atoms with Gasteiger partial charge in [-0.1, -0.05) is 49.6 Å². The molecule has 0 unspecified atom stereocenters. The molecular formula is C25H32FN3O. The van der Waals surface area contributed by atoms with Gasteiger partial charge in [0.15, 0.2) is 0 Å². The second kappa shape index (κ2) is 9.17. The molecule has 0 bridgehead atoms. The van der Waals surface area contributed by atoms with Gasteiger partial charge in [0.25, 0.3) is 0 Å². The summed E-state index contributed by atoms with van der Waals surface area (Å²) >= 11 is 0. The van der Waals surface area contributed by atoms with Crippen molar-refractivity contribution < 1.29 is 9.18 Å². The van der Waals surface area contributed by atoms with Gasteiger partial charge in [0.1, 0.15) is 5.82 Å². The van der Waals surface area contributed by atoms with Crippen LogP contribution in [-0.2, 0) is 16.8 Å². The molecule has 2 aromatic rings. The Balaban J connectivity index is 1.52. The third-order valence-electron chi connectivity index (χ3n) is 6.79. The number of anilines is 1. The standard InChI is InChI=1S/C25H32FN3O/c1-28-14-16-29(17-15-28)23-11-4-3-8-20(23)19-27-24(30)25(12-5-2-6-13-25)21-9-7-10-22(26)18-21/h3-4,7-11,18H,2,5-6,12-17,19H2,1H3,(H,27,30). The maximum Gasteiger partial charge on any atom is 0.230 e. The lowest BCUT2D eigenvalue weighted by molar-refractivity contribution is -0.128. The first-order chi connectivity index (χ1) is 14.6. The van der Waals surface area contributed by atoms with Crippen molar-refractivity contribution in [2.24, 2.45) is 0 Å². The minimum absolute atomic E-state index is 0.0287. The SMILES string of the molecule is CN1CCN(c2ccccc2CNC(=O)C2(c3cccc(F)c3)CCCCC2)CC1. The van der Waals surface area contributed by atoms with Gasteiger partial charge >= 0.3 is 0 Å². The molecule has 0 aromatic heterocycles. The fourth-order valence-corrected chi connectivity index (χ4v) is 4.95. The van der Waals surface area contributed by atoms with Crippen LogP contribution in [-0.4, -0.2) is 44.0 Å². The van der Waals surface area contributed by atoms with Gasteiger partial charge in [-0.3, -0.25) is 4.79 Å². The van der Waals surface area contributed by atoms with Crippen molar-refractivity contribution in [3.8, 4) is 0 Å². The lowest BCUT2D eigenvalue weighted by atomic mass is 9.68. The zero-order valence-electron chi connectivity index (χ0n) is 17.9. The maximum atomic E-state index is 14.0. The summed E-state index contributed by atoms with van der Waals surface area (Å²) in [6.07, 6.45) is 4.70. The van der Waals surface area contributed by atoms with E-state index in [2.05, 4.69) is 40.4 Å². The van der Waals surface area contributed by atoms with E-state index in [1.165, 1.54) is 11.8 Å². The molecule has 30 heavy (non-hydrogen) atoms. The monoisotopic (exact) mass is 409 g/mol. The van der Waals surface area contributed by atoms with E-state index in [9.17, 15) is 9.18 Å². The summed E-state index contributed by atoms with van der Waals surface area (Å²) in [5.74, 6) is -0.244. The summed E-state index contributed by atoms with van der Waals surface area (Å²) in [6, 6.07) is 15.0. The van der Waals surface area contributed by atoms with Gasteiger partial charge in [-0.05, 0) is 49.2 Å². The molecule has 0 radical (unpaired) electrons. The topological polar surface area (TPSA) is 35.6 Å². The second-order valence-corrected chi connectivity index (χ2v) is 8.75. The van der Waals surface area contributed by atoms with Crippen LogP contribution >= 0.6 is 0 Å². The zero-order valence-corrected chi connectivity index (χ0v) is 17.9. The number of halogens is 1. The highest BCUT2D eigenvalue weighted by atomic mass is 19.1. The summed E-state index contributed by atoms with van der Waals surface area (Å²) in [4.78, 5) is 18.2. The van der Waals surface area contributed by atoms with Crippen LogP contribution in [0.5, 0.6) is 0 Å². The summed E-state index contributed by atoms with van der Waals surface area (Å²) in [5.41, 5.74) is 2.53. The number of hydrogen-bond donors (Lipinski definition) is 1. The molecular weight excluding hydrogens is 377 g/mol. The average Bonchev–Trinajstić information content (AvgIpc) is 2.79. The molecule has 4 rings (SSSR count). The average molecular weight is 410 g/mol. The number of amides is 1. The number of benzene rings is 2. The van der Waals surface area contributed by atoms with Crippen molar-refractivity contribution in [2.75, 3.05) is 38.1 Å². The van der Waals surface area contributed by atoms with Gasteiger partial charge in [0.05, 0.1) is 5.41 Å². The first kappa shape index (κ1) is 20.9. The van der Waals surface area contributed by atoms with Crippen LogP contribution in [0, 0.1) is 5.82 Å². The molecule has 1 amide bonds. The van der Waals surface area contributed by atoms with E-state index < -0.39 is 5.41 Å². The molecule has 4 nitrogen and oxygen atoms in total. The Labute approximate surface area is 179 Å². The molecule has 0 atom stereocenters. The number of piperazine rings is 1. The Hall–Kier alpha value is -2.40. The molecule has 1 N–H and O–H groups in total. The number of para-hydroxylation sites is 1. The van der Waals surface area contributed by atoms with Crippen LogP contribution in [0.4, 0.5) is 10.1 Å². The van der Waals surface area contributed by atoms with Crippen LogP contribution < -0.4 is 10.2 Å². The Morgan fingerprint density at radius 3 is 2.47 bits per heavy atom. The predicted molar refractivity (Wildman–Crippen MR) is 119 cm³/mol. The van der Waals surface area contributed by atoms with Crippen LogP contribution in [0.25, 0.3) is 0 Å². The molecule has 5 heteroatoms. The van der Waals surface area contributed by atoms with Gasteiger partial charge in [-0.2, -0.15) is 0 Å². The number of rotatable bonds is 5. The largest absolute Gasteiger partial charge is 0.369 e. The van der Waals surface area contributed by atoms with E-state index in [-0.39, 0.29) is 11.7 Å². The number of likely N-dealkylation sites (N-methyl/N-ethyl adjacent to an activating group) is 1. The van der Waals surface area contributed by atoms with Gasteiger partial charge in [0.2, 0.25) is 5.91 Å². The lowest BCUT2D eigenvalue weighted by Gasteiger charge is -2.37. The Morgan fingerprint density at radius 2 is 1.73 bits per heavy atom. The highest BCUT2D eigenvalue weighted by molar-refractivity contribution is 5.88. The smallest absolute Gasteiger partial charge is 0.230 e. The van der Waals surface area contributed by atoms with Crippen LogP contribution in [0.3, 0.4) is 0 Å². The highest BCUT2D eigenvalue weighted by Crippen LogP contribution is 2.40. The molecule has 160 valence electrons. The van der Waals surface area contributed by atoms with Gasteiger partial charge in [-0.25, -0.2) is 4.39 Å². The van der Waals surface area contributed by atoms with Crippen molar-refractivity contribution in [2.45, 2.75) is 44.1 Å². The summed E-state index contributed by atoms with van der Waals surface area (Å²) in [5, 5.41) is 3.22. The highest BCUT2D eigenvalue weighted by Gasteiger charge is 2.41. The third-order valence-corrected chi connectivity index (χ3v) is 6.79. The molecule has 1 aliphatic carbocycles. The van der Waals surface area contributed by atoms with Crippen molar-refractivity contribution in [1.82, 2.24) is 10.2 Å². The Bertz CT molecular complexity index is 870. The first-order valence-electron chi connectivity index (χ1n) is 11.1. The molecule has 2 aromatic carbocycles. The van der Waals surface area contributed by atoms with Crippen LogP contribution in [0.1, 0.15) is 43.2 Å². The number of carbonyl (C=O) groups excluding carboxylic acids is 1. The molecule has 1 heterocycles. The van der Waals surface area contributed by atoms with Gasteiger partial charge < -0.3 is 15.1 Å². The van der Waals surface area contributed by atoms with E-state index in [0.29, 0.717) is 6.54 Å². The molecule has 2 fully saturated rings. The zero-order chi connectivity index (χ0) is 21.0. The van der Waals surface area contributed by atoms with E-state index in [0.717, 1.165) is 69.4 Å². The van der Waals surface area contributed by atoms with E-state index in [4.69, 9.17) is 0 Å². The number of nitrogens with zero attached hydrogens (tertiary/aromatic N) is 2. The molecule has 2 aliphatic rings. The summed E-state index contributed by atoms with van der Waals surface area (Å²) in [6.45, 7) is 4.58. The van der Waals surface area contributed by atoms with Crippen LogP contribution in [0.2, 0.25) is 0 Å². The van der Waals surface area contributed by atoms with Gasteiger partial charge in [-0.15, -0.1) is 0 Å².